The summed E-state index contributed by atoms with van der Waals surface area (Å²) in [4.78, 5) is 13.8. The van der Waals surface area contributed by atoms with E-state index in [1.807, 2.05) is 30.3 Å². The number of methoxy groups -OCH3 is 1. The van der Waals surface area contributed by atoms with E-state index in [1.54, 1.807) is 12.0 Å². The lowest BCUT2D eigenvalue weighted by Crippen LogP contribution is -2.37. The van der Waals surface area contributed by atoms with Crippen molar-refractivity contribution in [1.29, 1.82) is 0 Å². The fourth-order valence-corrected chi connectivity index (χ4v) is 3.95. The Morgan fingerprint density at radius 3 is 2.15 bits per heavy atom. The van der Waals surface area contributed by atoms with Crippen molar-refractivity contribution < 1.29 is 9.53 Å². The van der Waals surface area contributed by atoms with Gasteiger partial charge in [0.15, 0.2) is 0 Å². The number of nitrogens with two attached hydrogens (primary N) is 1. The number of rotatable bonds is 4. The zero-order chi connectivity index (χ0) is 19.8. The Kier molecular flexibility index (Phi) is 4.94. The molecule has 1 aliphatic carbocycles. The van der Waals surface area contributed by atoms with E-state index in [2.05, 4.69) is 39.8 Å². The Labute approximate surface area is 162 Å². The van der Waals surface area contributed by atoms with Crippen LogP contribution in [0.15, 0.2) is 42.5 Å². The summed E-state index contributed by atoms with van der Waals surface area (Å²) in [5.74, 6) is 0.794. The first kappa shape index (κ1) is 19.3. The van der Waals surface area contributed by atoms with Crippen LogP contribution in [0.2, 0.25) is 0 Å². The third-order valence-corrected chi connectivity index (χ3v) is 5.91. The molecule has 2 amide bonds. The lowest BCUT2D eigenvalue weighted by atomic mass is 9.63. The summed E-state index contributed by atoms with van der Waals surface area (Å²) < 4.78 is 5.21. The summed E-state index contributed by atoms with van der Waals surface area (Å²) >= 11 is 0. The van der Waals surface area contributed by atoms with Gasteiger partial charge in [0.1, 0.15) is 5.75 Å². The number of anilines is 1. The van der Waals surface area contributed by atoms with E-state index in [1.165, 1.54) is 11.1 Å². The molecule has 27 heavy (non-hydrogen) atoms. The Morgan fingerprint density at radius 1 is 1.00 bits per heavy atom. The lowest BCUT2D eigenvalue weighted by molar-refractivity contribution is 0.253. The molecule has 0 spiro atoms. The summed E-state index contributed by atoms with van der Waals surface area (Å²) in [7, 11) is 1.64. The van der Waals surface area contributed by atoms with Gasteiger partial charge in [-0.1, -0.05) is 45.9 Å². The zero-order valence-electron chi connectivity index (χ0n) is 17.0. The van der Waals surface area contributed by atoms with Crippen molar-refractivity contribution in [2.75, 3.05) is 12.0 Å². The number of hydrogen-bond acceptors (Lipinski definition) is 2. The van der Waals surface area contributed by atoms with Crippen molar-refractivity contribution in [1.82, 2.24) is 0 Å². The predicted molar refractivity (Wildman–Crippen MR) is 110 cm³/mol. The molecule has 4 nitrogen and oxygen atoms in total. The van der Waals surface area contributed by atoms with Crippen LogP contribution in [0.25, 0.3) is 0 Å². The van der Waals surface area contributed by atoms with Crippen LogP contribution in [0, 0.1) is 0 Å². The van der Waals surface area contributed by atoms with Crippen LogP contribution in [-0.2, 0) is 17.4 Å². The molecule has 0 aliphatic heterocycles. The van der Waals surface area contributed by atoms with E-state index >= 15 is 0 Å². The first-order chi connectivity index (χ1) is 12.6. The second-order valence-corrected chi connectivity index (χ2v) is 8.77. The summed E-state index contributed by atoms with van der Waals surface area (Å²) in [6.45, 7) is 9.59. The molecule has 0 heterocycles. The highest BCUT2D eigenvalue weighted by molar-refractivity contribution is 5.90. The molecule has 2 N–H and O–H groups in total. The molecule has 0 aromatic heterocycles. The molecule has 0 fully saturated rings. The number of ether oxygens (including phenoxy) is 1. The number of carbonyl (C=O) groups is 1. The Morgan fingerprint density at radius 2 is 1.59 bits per heavy atom. The number of hydrogen-bond donors (Lipinski definition) is 1. The van der Waals surface area contributed by atoms with Crippen LogP contribution < -0.4 is 15.4 Å². The van der Waals surface area contributed by atoms with Gasteiger partial charge in [-0.25, -0.2) is 4.79 Å². The minimum Gasteiger partial charge on any atom is -0.497 e. The average molecular weight is 367 g/mol. The molecule has 3 rings (SSSR count). The van der Waals surface area contributed by atoms with E-state index in [0.29, 0.717) is 6.54 Å². The molecule has 0 saturated heterocycles. The molecule has 0 unspecified atom stereocenters. The number of amides is 2. The molecule has 2 aromatic carbocycles. The van der Waals surface area contributed by atoms with Gasteiger partial charge >= 0.3 is 6.03 Å². The second kappa shape index (κ2) is 6.91. The fraction of sp³-hybridized carbons (Fsp3) is 0.435. The number of nitrogens with zero attached hydrogens (tertiary/aromatic N) is 1. The maximum Gasteiger partial charge on any atom is 0.319 e. The largest absolute Gasteiger partial charge is 0.497 e. The standard InChI is InChI=1S/C23H30N2O2/c1-22(2)12-13-23(3,4)20-14-17(8-11-19(20)22)25(21(24)26)15-16-6-9-18(27-5)10-7-16/h6-11,14H,12-13,15H2,1-5H3,(H2,24,26). The third-order valence-electron chi connectivity index (χ3n) is 5.91. The van der Waals surface area contributed by atoms with Crippen molar-refractivity contribution in [2.45, 2.75) is 57.9 Å². The quantitative estimate of drug-likeness (QED) is 0.815. The lowest BCUT2D eigenvalue weighted by Gasteiger charge is -2.42. The molecule has 0 bridgehead atoms. The molecule has 0 atom stereocenters. The Balaban J connectivity index is 1.98. The summed E-state index contributed by atoms with van der Waals surface area (Å²) in [5.41, 5.74) is 10.5. The van der Waals surface area contributed by atoms with Crippen LogP contribution in [0.5, 0.6) is 5.75 Å². The summed E-state index contributed by atoms with van der Waals surface area (Å²) in [6.07, 6.45) is 2.29. The predicted octanol–water partition coefficient (Wildman–Crippen LogP) is 5.13. The molecule has 0 radical (unpaired) electrons. The minimum absolute atomic E-state index is 0.0876. The number of benzene rings is 2. The zero-order valence-corrected chi connectivity index (χ0v) is 17.0. The maximum absolute atomic E-state index is 12.2. The van der Waals surface area contributed by atoms with Gasteiger partial charge in [-0.3, -0.25) is 4.90 Å². The van der Waals surface area contributed by atoms with Crippen LogP contribution in [0.4, 0.5) is 10.5 Å². The average Bonchev–Trinajstić information content (AvgIpc) is 2.63. The first-order valence-electron chi connectivity index (χ1n) is 9.49. The van der Waals surface area contributed by atoms with Gasteiger partial charge in [-0.2, -0.15) is 0 Å². The molecule has 144 valence electrons. The smallest absolute Gasteiger partial charge is 0.319 e. The van der Waals surface area contributed by atoms with Gasteiger partial charge < -0.3 is 10.5 Å². The number of primary amides is 1. The van der Waals surface area contributed by atoms with E-state index in [9.17, 15) is 4.79 Å². The second-order valence-electron chi connectivity index (χ2n) is 8.77. The van der Waals surface area contributed by atoms with Crippen molar-refractivity contribution in [3.05, 3.63) is 59.2 Å². The van der Waals surface area contributed by atoms with Crippen LogP contribution in [0.3, 0.4) is 0 Å². The fourth-order valence-electron chi connectivity index (χ4n) is 3.95. The third kappa shape index (κ3) is 3.80. The van der Waals surface area contributed by atoms with Crippen molar-refractivity contribution in [3.63, 3.8) is 0 Å². The number of carbonyl (C=O) groups excluding carboxylic acids is 1. The Bertz CT molecular complexity index is 838. The van der Waals surface area contributed by atoms with Gasteiger partial charge in [0.2, 0.25) is 0 Å². The molecular formula is C23H30N2O2. The van der Waals surface area contributed by atoms with Gasteiger partial charge in [-0.15, -0.1) is 0 Å². The molecule has 0 saturated carbocycles. The molecule has 1 aliphatic rings. The highest BCUT2D eigenvalue weighted by atomic mass is 16.5. The molecule has 2 aromatic rings. The maximum atomic E-state index is 12.2. The summed E-state index contributed by atoms with van der Waals surface area (Å²) in [6, 6.07) is 13.6. The normalized spacial score (nSPS) is 17.1. The number of fused-ring (bicyclic) bond motifs is 1. The highest BCUT2D eigenvalue weighted by Crippen LogP contribution is 2.46. The Hall–Kier alpha value is -2.49. The van der Waals surface area contributed by atoms with Crippen LogP contribution in [0.1, 0.15) is 57.2 Å². The van der Waals surface area contributed by atoms with E-state index in [-0.39, 0.29) is 10.8 Å². The van der Waals surface area contributed by atoms with Gasteiger partial charge in [0.05, 0.1) is 13.7 Å². The first-order valence-corrected chi connectivity index (χ1v) is 9.49. The van der Waals surface area contributed by atoms with Gasteiger partial charge in [0.25, 0.3) is 0 Å². The van der Waals surface area contributed by atoms with Crippen LogP contribution in [-0.4, -0.2) is 13.1 Å². The van der Waals surface area contributed by atoms with E-state index in [0.717, 1.165) is 29.8 Å². The minimum atomic E-state index is -0.446. The summed E-state index contributed by atoms with van der Waals surface area (Å²) in [5, 5.41) is 0. The highest BCUT2D eigenvalue weighted by Gasteiger charge is 2.37. The van der Waals surface area contributed by atoms with E-state index in [4.69, 9.17) is 10.5 Å². The van der Waals surface area contributed by atoms with Crippen molar-refractivity contribution in [2.24, 2.45) is 5.73 Å². The van der Waals surface area contributed by atoms with Crippen LogP contribution >= 0.6 is 0 Å². The van der Waals surface area contributed by atoms with Gasteiger partial charge in [0, 0.05) is 5.69 Å². The molecule has 4 heteroatoms. The van der Waals surface area contributed by atoms with Crippen molar-refractivity contribution in [3.8, 4) is 5.75 Å². The topological polar surface area (TPSA) is 55.6 Å². The SMILES string of the molecule is COc1ccc(CN(C(N)=O)c2ccc3c(c2)C(C)(C)CCC3(C)C)cc1. The molecular weight excluding hydrogens is 336 g/mol. The van der Waals surface area contributed by atoms with E-state index < -0.39 is 6.03 Å². The number of urea groups is 1. The van der Waals surface area contributed by atoms with Crippen molar-refractivity contribution >= 4 is 11.7 Å². The van der Waals surface area contributed by atoms with Gasteiger partial charge in [-0.05, 0) is 64.6 Å². The monoisotopic (exact) mass is 366 g/mol.